The number of alkyl halides is 1. The third-order valence-corrected chi connectivity index (χ3v) is 15.1. The first-order valence-corrected chi connectivity index (χ1v) is 31.9. The molecule has 0 saturated carbocycles. The molecule has 0 aromatic rings. The zero-order chi connectivity index (χ0) is 49.5. The maximum Gasteiger partial charge on any atom is 0.222 e. The van der Waals surface area contributed by atoms with E-state index >= 15 is 0 Å². The van der Waals surface area contributed by atoms with Gasteiger partial charge in [0.2, 0.25) is 11.8 Å². The molecule has 2 amide bonds. The summed E-state index contributed by atoms with van der Waals surface area (Å²) in [6.07, 6.45) is 61.4. The van der Waals surface area contributed by atoms with Gasteiger partial charge in [0.25, 0.3) is 0 Å². The number of hydrogen-bond donors (Lipinski definition) is 0. The molecule has 0 saturated heterocycles. The summed E-state index contributed by atoms with van der Waals surface area (Å²) < 4.78 is 0. The lowest BCUT2D eigenvalue weighted by Crippen LogP contribution is -2.32. The van der Waals surface area contributed by atoms with Crippen molar-refractivity contribution >= 4 is 23.4 Å². The number of nitrogens with zero attached hydrogens (tertiary/aromatic N) is 3. The maximum atomic E-state index is 13.3. The van der Waals surface area contributed by atoms with Crippen LogP contribution >= 0.6 is 11.6 Å². The molecule has 0 aliphatic heterocycles. The van der Waals surface area contributed by atoms with Crippen molar-refractivity contribution in [3.05, 3.63) is 0 Å². The second-order valence-corrected chi connectivity index (χ2v) is 22.0. The van der Waals surface area contributed by atoms with Gasteiger partial charge in [0.1, 0.15) is 0 Å². The summed E-state index contributed by atoms with van der Waals surface area (Å²) in [4.78, 5) is 33.8. The Kier molecular flexibility index (Phi) is 56.4. The molecule has 0 fully saturated rings. The largest absolute Gasteiger partial charge is 0.343 e. The number of carbonyl (C=O) groups excluding carboxylic acids is 2. The van der Waals surface area contributed by atoms with E-state index in [4.69, 9.17) is 11.6 Å². The molecule has 0 spiro atoms. The first kappa shape index (κ1) is 67.2. The minimum Gasteiger partial charge on any atom is -0.343 e. The molecule has 0 aromatic carbocycles. The van der Waals surface area contributed by atoms with Crippen LogP contribution in [0.1, 0.15) is 336 Å². The van der Waals surface area contributed by atoms with Crippen LogP contribution < -0.4 is 0 Å². The number of unbranched alkanes of at least 4 members (excludes halogenated alkanes) is 40. The Hall–Kier alpha value is -0.810. The van der Waals surface area contributed by atoms with Gasteiger partial charge in [-0.25, -0.2) is 0 Å². The third-order valence-electron chi connectivity index (χ3n) is 15.0. The lowest BCUT2D eigenvalue weighted by molar-refractivity contribution is -0.132. The van der Waals surface area contributed by atoms with Gasteiger partial charge in [0, 0.05) is 51.4 Å². The molecule has 0 aliphatic carbocycles. The van der Waals surface area contributed by atoms with Gasteiger partial charge in [-0.15, -0.1) is 11.6 Å². The molecule has 0 aromatic heterocycles. The smallest absolute Gasteiger partial charge is 0.222 e. The van der Waals surface area contributed by atoms with Gasteiger partial charge >= 0.3 is 0 Å². The van der Waals surface area contributed by atoms with E-state index in [1.807, 2.05) is 0 Å². The highest BCUT2D eigenvalue weighted by atomic mass is 35.5. The van der Waals surface area contributed by atoms with Crippen LogP contribution in [0.15, 0.2) is 0 Å². The van der Waals surface area contributed by atoms with Crippen LogP contribution in [-0.4, -0.2) is 78.2 Å². The summed E-state index contributed by atoms with van der Waals surface area (Å²) in [7, 11) is 0. The van der Waals surface area contributed by atoms with Crippen molar-refractivity contribution in [1.29, 1.82) is 0 Å². The minimum atomic E-state index is 0.425. The van der Waals surface area contributed by atoms with E-state index in [2.05, 4.69) is 42.4 Å². The van der Waals surface area contributed by atoms with Crippen LogP contribution in [0.2, 0.25) is 0 Å². The van der Waals surface area contributed by atoms with Gasteiger partial charge in [-0.3, -0.25) is 9.59 Å². The van der Waals surface area contributed by atoms with E-state index in [1.165, 1.54) is 296 Å². The third kappa shape index (κ3) is 48.8. The Morgan fingerprint density at radius 2 is 0.441 bits per heavy atom. The van der Waals surface area contributed by atoms with Crippen molar-refractivity contribution in [2.45, 2.75) is 336 Å². The first-order chi connectivity index (χ1) is 33.5. The van der Waals surface area contributed by atoms with Crippen LogP contribution in [0.25, 0.3) is 0 Å². The molecular weight excluding hydrogens is 854 g/mol. The van der Waals surface area contributed by atoms with Crippen LogP contribution in [0.3, 0.4) is 0 Å². The minimum absolute atomic E-state index is 0.425. The van der Waals surface area contributed by atoms with E-state index in [9.17, 15) is 9.59 Å². The van der Waals surface area contributed by atoms with E-state index in [-0.39, 0.29) is 0 Å². The number of amides is 2. The number of hydrogen-bond acceptors (Lipinski definition) is 3. The lowest BCUT2D eigenvalue weighted by atomic mass is 10.1. The molecule has 0 rings (SSSR count). The predicted molar refractivity (Wildman–Crippen MR) is 305 cm³/mol. The van der Waals surface area contributed by atoms with E-state index in [0.29, 0.717) is 11.8 Å². The summed E-state index contributed by atoms with van der Waals surface area (Å²) in [5, 5.41) is 0. The SMILES string of the molecule is CCCCCCCCCCN(CCCCCCCCCC)C(=O)CCCCCCCCCN(CCCl)CCCCCCCCCC(=O)N(CCCCCCCCCC)CCCCCCCCCC. The molecule has 0 heterocycles. The predicted octanol–water partition coefficient (Wildman–Crippen LogP) is 20.0. The number of halogens is 1. The van der Waals surface area contributed by atoms with Crippen LogP contribution in [0, 0.1) is 0 Å². The summed E-state index contributed by atoms with van der Waals surface area (Å²) in [5.74, 6) is 1.57. The fourth-order valence-electron chi connectivity index (χ4n) is 10.2. The molecule has 0 unspecified atom stereocenters. The lowest BCUT2D eigenvalue weighted by Gasteiger charge is -2.23. The van der Waals surface area contributed by atoms with Crippen LogP contribution in [-0.2, 0) is 9.59 Å². The monoisotopic (exact) mass is 978 g/mol. The summed E-state index contributed by atoms with van der Waals surface area (Å²) in [6, 6.07) is 0. The van der Waals surface area contributed by atoms with Crippen molar-refractivity contribution in [2.24, 2.45) is 0 Å². The van der Waals surface area contributed by atoms with Gasteiger partial charge in [0.05, 0.1) is 0 Å². The summed E-state index contributed by atoms with van der Waals surface area (Å²) in [6.45, 7) is 16.4. The molecular formula is C62H124ClN3O2. The molecule has 68 heavy (non-hydrogen) atoms. The second-order valence-electron chi connectivity index (χ2n) is 21.6. The van der Waals surface area contributed by atoms with E-state index in [0.717, 1.165) is 64.3 Å². The molecule has 0 bridgehead atoms. The topological polar surface area (TPSA) is 43.9 Å². The maximum absolute atomic E-state index is 13.3. The Bertz CT molecular complexity index is 881. The Morgan fingerprint density at radius 3 is 0.662 bits per heavy atom. The zero-order valence-electron chi connectivity index (χ0n) is 47.1. The summed E-state index contributed by atoms with van der Waals surface area (Å²) in [5.41, 5.74) is 0. The highest BCUT2D eigenvalue weighted by molar-refractivity contribution is 6.18. The van der Waals surface area contributed by atoms with Crippen molar-refractivity contribution < 1.29 is 9.59 Å². The van der Waals surface area contributed by atoms with Gasteiger partial charge in [0.15, 0.2) is 0 Å². The molecule has 406 valence electrons. The standard InChI is InChI=1S/C62H124ClN3O2/c1-5-9-13-17-21-31-39-47-56-65(57-48-40-32-22-18-14-10-6-2)61(67)51-43-35-27-25-29-37-45-54-64(60-53-63)55-46-38-30-26-28-36-44-52-62(68)66(58-49-41-33-23-19-15-11-7-3)59-50-42-34-24-20-16-12-8-4/h5-60H2,1-4H3. The molecule has 0 aliphatic rings. The Labute approximate surface area is 433 Å². The van der Waals surface area contributed by atoms with Crippen molar-refractivity contribution in [3.63, 3.8) is 0 Å². The van der Waals surface area contributed by atoms with Crippen molar-refractivity contribution in [1.82, 2.24) is 14.7 Å². The normalized spacial score (nSPS) is 11.6. The molecule has 0 N–H and O–H groups in total. The van der Waals surface area contributed by atoms with Crippen molar-refractivity contribution in [3.8, 4) is 0 Å². The van der Waals surface area contributed by atoms with E-state index in [1.54, 1.807) is 0 Å². The highest BCUT2D eigenvalue weighted by Gasteiger charge is 2.14. The van der Waals surface area contributed by atoms with Gasteiger partial charge in [-0.05, 0) is 64.5 Å². The Balaban J connectivity index is 4.24. The molecule has 0 radical (unpaired) electrons. The van der Waals surface area contributed by atoms with Crippen LogP contribution in [0.4, 0.5) is 0 Å². The van der Waals surface area contributed by atoms with Gasteiger partial charge < -0.3 is 14.7 Å². The quantitative estimate of drug-likeness (QED) is 0.0451. The fourth-order valence-corrected chi connectivity index (χ4v) is 10.5. The molecule has 5 nitrogen and oxygen atoms in total. The van der Waals surface area contributed by atoms with E-state index < -0.39 is 0 Å². The second kappa shape index (κ2) is 57.1. The molecule has 6 heteroatoms. The average Bonchev–Trinajstić information content (AvgIpc) is 3.34. The van der Waals surface area contributed by atoms with Gasteiger partial charge in [-0.2, -0.15) is 0 Å². The number of rotatable bonds is 58. The summed E-state index contributed by atoms with van der Waals surface area (Å²) >= 11 is 6.23. The van der Waals surface area contributed by atoms with Crippen molar-refractivity contribution in [2.75, 3.05) is 51.7 Å². The molecule has 0 atom stereocenters. The highest BCUT2D eigenvalue weighted by Crippen LogP contribution is 2.17. The first-order valence-electron chi connectivity index (χ1n) is 31.4. The Morgan fingerprint density at radius 1 is 0.250 bits per heavy atom. The fraction of sp³-hybridized carbons (Fsp3) is 0.968. The zero-order valence-corrected chi connectivity index (χ0v) is 47.9. The number of carbonyl (C=O) groups is 2. The van der Waals surface area contributed by atoms with Gasteiger partial charge in [-0.1, -0.05) is 272 Å². The average molecular weight is 979 g/mol. The van der Waals surface area contributed by atoms with Crippen LogP contribution in [0.5, 0.6) is 0 Å².